The number of benzene rings is 4. The summed E-state index contributed by atoms with van der Waals surface area (Å²) in [5, 5.41) is 32.9. The van der Waals surface area contributed by atoms with Gasteiger partial charge in [-0.05, 0) is 92.8 Å². The number of carboxylic acids is 2. The van der Waals surface area contributed by atoms with E-state index >= 15 is 0 Å². The van der Waals surface area contributed by atoms with E-state index in [4.69, 9.17) is 29.5 Å². The Morgan fingerprint density at radius 2 is 1.00 bits per heavy atom. The fourth-order valence-corrected chi connectivity index (χ4v) is 8.12. The molecule has 14 heteroatoms. The quantitative estimate of drug-likeness (QED) is 0.0494. The summed E-state index contributed by atoms with van der Waals surface area (Å²) in [6, 6.07) is 45.9. The van der Waals surface area contributed by atoms with Crippen molar-refractivity contribution in [1.29, 1.82) is 0 Å². The number of unbranched alkanes of at least 4 members (excludes halogenated alkanes) is 2. The Morgan fingerprint density at radius 1 is 0.582 bits per heavy atom. The Hall–Kier alpha value is -6.29. The van der Waals surface area contributed by atoms with Crippen LogP contribution in [-0.2, 0) is 19.1 Å². The molecule has 0 amide bonds. The van der Waals surface area contributed by atoms with Crippen LogP contribution in [0.1, 0.15) is 85.8 Å². The molecule has 4 aromatic carbocycles. The van der Waals surface area contributed by atoms with Crippen molar-refractivity contribution >= 4 is 17.6 Å². The summed E-state index contributed by atoms with van der Waals surface area (Å²) in [6.07, 6.45) is 11.6. The molecule has 2 aliphatic heterocycles. The first-order valence-corrected chi connectivity index (χ1v) is 23.3. The van der Waals surface area contributed by atoms with Gasteiger partial charge in [0.25, 0.3) is 0 Å². The fourth-order valence-electron chi connectivity index (χ4n) is 8.12. The summed E-state index contributed by atoms with van der Waals surface area (Å²) < 4.78 is 20.5. The third-order valence-corrected chi connectivity index (χ3v) is 11.6. The van der Waals surface area contributed by atoms with Crippen LogP contribution in [0.2, 0.25) is 0 Å². The van der Waals surface area contributed by atoms with E-state index in [2.05, 4.69) is 146 Å². The van der Waals surface area contributed by atoms with Gasteiger partial charge in [-0.1, -0.05) is 121 Å². The maximum Gasteiger partial charge on any atom is 0.328 e. The van der Waals surface area contributed by atoms with Crippen LogP contribution in [0, 0.1) is 0 Å². The minimum atomic E-state index is -1.26. The van der Waals surface area contributed by atoms with Gasteiger partial charge in [0, 0.05) is 51.0 Å². The van der Waals surface area contributed by atoms with Gasteiger partial charge < -0.3 is 39.3 Å². The largest absolute Gasteiger partial charge is 0.478 e. The number of hydrogen-bond acceptors (Lipinski definition) is 11. The number of carbonyl (C=O) groups is 2. The molecule has 8 rings (SSSR count). The molecule has 2 saturated heterocycles. The first-order chi connectivity index (χ1) is 32.8. The fraction of sp³-hybridized carbons (Fsp3) is 0.377. The average molecular weight is 913 g/mol. The SMILES string of the molecule is O=C(O)C=CC(=O)O.OCCCCN1CCC(OC(c2ccccc2)c2ccccc2)CC1.c1ccc(C(OC2CCN(CCCCOc3ccc4ncnn4n3)CC2)c2ccccc2)cc1. The molecule has 2 aliphatic rings. The third-order valence-electron chi connectivity index (χ3n) is 11.6. The van der Waals surface area contributed by atoms with Gasteiger partial charge in [0.1, 0.15) is 18.5 Å². The van der Waals surface area contributed by atoms with E-state index in [1.54, 1.807) is 0 Å². The van der Waals surface area contributed by atoms with Crippen molar-refractivity contribution in [2.45, 2.75) is 75.8 Å². The van der Waals surface area contributed by atoms with Gasteiger partial charge in [-0.2, -0.15) is 0 Å². The van der Waals surface area contributed by atoms with E-state index in [1.807, 2.05) is 12.1 Å². The summed E-state index contributed by atoms with van der Waals surface area (Å²) in [5.41, 5.74) is 5.60. The number of aliphatic hydroxyl groups is 1. The van der Waals surface area contributed by atoms with E-state index in [1.165, 1.54) is 33.2 Å². The van der Waals surface area contributed by atoms with Crippen molar-refractivity contribution in [3.63, 3.8) is 0 Å². The van der Waals surface area contributed by atoms with Crippen LogP contribution in [-0.4, -0.2) is 122 Å². The molecule has 0 aliphatic carbocycles. The molecule has 0 atom stereocenters. The van der Waals surface area contributed by atoms with E-state index in [0.717, 1.165) is 96.3 Å². The van der Waals surface area contributed by atoms with Crippen molar-refractivity contribution < 1.29 is 39.1 Å². The number of piperidine rings is 2. The van der Waals surface area contributed by atoms with E-state index in [-0.39, 0.29) is 18.3 Å². The number of aliphatic hydroxyl groups excluding tert-OH is 1. The molecule has 67 heavy (non-hydrogen) atoms. The summed E-state index contributed by atoms with van der Waals surface area (Å²) >= 11 is 0. The Balaban J connectivity index is 0.000000197. The maximum absolute atomic E-state index is 9.55. The van der Waals surface area contributed by atoms with E-state index in [9.17, 15) is 9.59 Å². The highest BCUT2D eigenvalue weighted by molar-refractivity contribution is 5.89. The summed E-state index contributed by atoms with van der Waals surface area (Å²) in [4.78, 5) is 28.2. The lowest BCUT2D eigenvalue weighted by molar-refractivity contribution is -0.134. The maximum atomic E-state index is 9.55. The number of aromatic nitrogens is 4. The molecule has 2 aromatic heterocycles. The smallest absolute Gasteiger partial charge is 0.328 e. The highest BCUT2D eigenvalue weighted by atomic mass is 16.5. The zero-order chi connectivity index (χ0) is 46.9. The Morgan fingerprint density at radius 3 is 1.40 bits per heavy atom. The number of nitrogens with zero attached hydrogens (tertiary/aromatic N) is 6. The number of hydrogen-bond donors (Lipinski definition) is 3. The molecular weight excluding hydrogens is 849 g/mol. The second-order valence-corrected chi connectivity index (χ2v) is 16.5. The first kappa shape index (κ1) is 50.1. The van der Waals surface area contributed by atoms with Crippen LogP contribution < -0.4 is 4.74 Å². The van der Waals surface area contributed by atoms with E-state index < -0.39 is 11.9 Å². The van der Waals surface area contributed by atoms with E-state index in [0.29, 0.717) is 37.3 Å². The molecule has 14 nitrogen and oxygen atoms in total. The zero-order valence-corrected chi connectivity index (χ0v) is 38.1. The van der Waals surface area contributed by atoms with Gasteiger partial charge in [-0.15, -0.1) is 14.8 Å². The molecule has 0 unspecified atom stereocenters. The Bertz CT molecular complexity index is 2230. The van der Waals surface area contributed by atoms with Gasteiger partial charge in [-0.3, -0.25) is 0 Å². The molecule has 2 fully saturated rings. The molecule has 6 aromatic rings. The van der Waals surface area contributed by atoms with Gasteiger partial charge in [0.2, 0.25) is 5.88 Å². The summed E-state index contributed by atoms with van der Waals surface area (Å²) in [5.74, 6) is -1.93. The van der Waals surface area contributed by atoms with Crippen LogP contribution in [0.25, 0.3) is 5.65 Å². The lowest BCUT2D eigenvalue weighted by Gasteiger charge is -2.34. The Kier molecular flexibility index (Phi) is 21.0. The Labute approximate surface area is 393 Å². The van der Waals surface area contributed by atoms with Gasteiger partial charge >= 0.3 is 11.9 Å². The molecule has 354 valence electrons. The molecule has 0 saturated carbocycles. The molecule has 0 radical (unpaired) electrons. The number of ether oxygens (including phenoxy) is 3. The average Bonchev–Trinajstić information content (AvgIpc) is 3.85. The lowest BCUT2D eigenvalue weighted by Crippen LogP contribution is -2.38. The summed E-state index contributed by atoms with van der Waals surface area (Å²) in [7, 11) is 0. The van der Waals surface area contributed by atoms with Crippen molar-refractivity contribution in [3.8, 4) is 5.88 Å². The predicted octanol–water partition coefficient (Wildman–Crippen LogP) is 8.30. The zero-order valence-electron chi connectivity index (χ0n) is 38.1. The van der Waals surface area contributed by atoms with Crippen molar-refractivity contribution in [2.24, 2.45) is 0 Å². The standard InChI is InChI=1S/C27H31N5O2.C22H29NO2.C4H4O4/c1-3-9-22(10-4-1)27(23-11-5-2-6-12-23)34-24-15-18-31(19-16-24)17-7-8-20-33-26-14-13-25-28-21-29-32(25)30-26;24-18-8-7-15-23-16-13-21(14-17-23)25-22(19-9-3-1-4-10-19)20-11-5-2-6-12-20;5-3(6)1-2-4(7)8/h1-6,9-14,21,24,27H,7-8,15-20H2;1-6,9-12,21-22,24H,7-8,13-18H2;1-2H,(H,5,6)(H,7,8). The highest BCUT2D eigenvalue weighted by Crippen LogP contribution is 2.31. The summed E-state index contributed by atoms with van der Waals surface area (Å²) in [6.45, 7) is 7.47. The molecular formula is C53H64N6O8. The monoisotopic (exact) mass is 912 g/mol. The van der Waals surface area contributed by atoms with Crippen LogP contribution >= 0.6 is 0 Å². The van der Waals surface area contributed by atoms with Gasteiger partial charge in [0.05, 0.1) is 18.8 Å². The molecule has 0 bridgehead atoms. The lowest BCUT2D eigenvalue weighted by atomic mass is 10.00. The van der Waals surface area contributed by atoms with Gasteiger partial charge in [-0.25, -0.2) is 14.6 Å². The first-order valence-electron chi connectivity index (χ1n) is 23.3. The number of likely N-dealkylation sites (tertiary alicyclic amines) is 2. The number of carboxylic acid groups (broad SMARTS) is 2. The van der Waals surface area contributed by atoms with Crippen LogP contribution in [0.4, 0.5) is 0 Å². The molecule has 0 spiro atoms. The highest BCUT2D eigenvalue weighted by Gasteiger charge is 2.26. The van der Waals surface area contributed by atoms with Crippen molar-refractivity contribution in [2.75, 3.05) is 52.5 Å². The third kappa shape index (κ3) is 17.5. The van der Waals surface area contributed by atoms with Crippen LogP contribution in [0.3, 0.4) is 0 Å². The van der Waals surface area contributed by atoms with Crippen molar-refractivity contribution in [3.05, 3.63) is 174 Å². The van der Waals surface area contributed by atoms with Crippen molar-refractivity contribution in [1.82, 2.24) is 29.6 Å². The minimum Gasteiger partial charge on any atom is -0.478 e. The predicted molar refractivity (Wildman–Crippen MR) is 257 cm³/mol. The topological polar surface area (TPSA) is 172 Å². The minimum absolute atomic E-state index is 0.00772. The normalized spacial score (nSPS) is 15.0. The second-order valence-electron chi connectivity index (χ2n) is 16.5. The van der Waals surface area contributed by atoms with Gasteiger partial charge in [0.15, 0.2) is 5.65 Å². The van der Waals surface area contributed by atoms with Crippen LogP contribution in [0.15, 0.2) is 152 Å². The molecule has 4 heterocycles. The number of fused-ring (bicyclic) bond motifs is 1. The van der Waals surface area contributed by atoms with Crippen LogP contribution in [0.5, 0.6) is 5.88 Å². The molecule has 3 N–H and O–H groups in total. The second kappa shape index (κ2) is 28.0. The number of rotatable bonds is 20. The number of aliphatic carboxylic acids is 2.